The van der Waals surface area contributed by atoms with Crippen LogP contribution in [0.25, 0.3) is 0 Å². The fourth-order valence-corrected chi connectivity index (χ4v) is 4.13. The molecule has 1 amide bonds. The van der Waals surface area contributed by atoms with Crippen LogP contribution < -0.4 is 9.64 Å². The van der Waals surface area contributed by atoms with Gasteiger partial charge in [0.2, 0.25) is 0 Å². The molecule has 0 unspecified atom stereocenters. The van der Waals surface area contributed by atoms with Crippen LogP contribution in [-0.4, -0.2) is 32.0 Å². The number of amides is 1. The van der Waals surface area contributed by atoms with Crippen molar-refractivity contribution in [1.29, 1.82) is 0 Å². The maximum absolute atomic E-state index is 15.0. The predicted molar refractivity (Wildman–Crippen MR) is 115 cm³/mol. The Balaban J connectivity index is 1.91. The number of nitrogens with zero attached hydrogens (tertiary/aromatic N) is 1. The molecule has 0 saturated heterocycles. The van der Waals surface area contributed by atoms with Crippen LogP contribution in [0.3, 0.4) is 0 Å². The summed E-state index contributed by atoms with van der Waals surface area (Å²) >= 11 is 6.23. The monoisotopic (exact) mass is 437 g/mol. The summed E-state index contributed by atoms with van der Waals surface area (Å²) in [7, 11) is 0. The van der Waals surface area contributed by atoms with E-state index in [1.54, 1.807) is 0 Å². The molecule has 1 aliphatic heterocycles. The predicted octanol–water partition coefficient (Wildman–Crippen LogP) is 5.77. The molecule has 3 rings (SSSR count). The second-order valence-electron chi connectivity index (χ2n) is 7.19. The smallest absolute Gasteiger partial charge is 0.259 e. The number of benzene rings is 1. The van der Waals surface area contributed by atoms with E-state index in [1.807, 2.05) is 26.8 Å². The van der Waals surface area contributed by atoms with Gasteiger partial charge in [-0.05, 0) is 57.6 Å². The molecule has 1 aliphatic carbocycles. The Kier molecular flexibility index (Phi) is 7.92. The van der Waals surface area contributed by atoms with E-state index >= 15 is 0 Å². The summed E-state index contributed by atoms with van der Waals surface area (Å²) in [6, 6.07) is 2.68. The molecule has 7 heteroatoms. The average Bonchev–Trinajstić information content (AvgIpc) is 3.00. The summed E-state index contributed by atoms with van der Waals surface area (Å²) < 4.78 is 31.7. The molecule has 1 heterocycles. The number of ether oxygens (including phenoxy) is 3. The molecule has 0 aromatic heterocycles. The van der Waals surface area contributed by atoms with Crippen LogP contribution in [0.2, 0.25) is 5.02 Å². The van der Waals surface area contributed by atoms with Gasteiger partial charge in [-0.3, -0.25) is 9.69 Å². The van der Waals surface area contributed by atoms with E-state index in [-0.39, 0.29) is 29.0 Å². The third kappa shape index (κ3) is 4.71. The molecule has 0 atom stereocenters. The lowest BCUT2D eigenvalue weighted by molar-refractivity contribution is -0.152. The zero-order chi connectivity index (χ0) is 21.7. The Morgan fingerprint density at radius 1 is 1.13 bits per heavy atom. The fraction of sp³-hybridized carbons (Fsp3) is 0.522. The molecule has 30 heavy (non-hydrogen) atoms. The number of carbonyl (C=O) groups excluding carboxylic acids is 1. The van der Waals surface area contributed by atoms with Crippen LogP contribution in [0.4, 0.5) is 10.1 Å². The van der Waals surface area contributed by atoms with Crippen molar-refractivity contribution in [2.24, 2.45) is 0 Å². The summed E-state index contributed by atoms with van der Waals surface area (Å²) in [5.41, 5.74) is 2.77. The summed E-state index contributed by atoms with van der Waals surface area (Å²) in [6.45, 7) is 6.79. The number of halogens is 2. The van der Waals surface area contributed by atoms with Gasteiger partial charge in [0.15, 0.2) is 6.29 Å². The lowest BCUT2D eigenvalue weighted by Crippen LogP contribution is -2.27. The van der Waals surface area contributed by atoms with Crippen LogP contribution in [-0.2, 0) is 14.3 Å². The van der Waals surface area contributed by atoms with E-state index < -0.39 is 12.1 Å². The first-order valence-electron chi connectivity index (χ1n) is 10.6. The Labute approximate surface area is 182 Å². The molecule has 2 aliphatic rings. The SMILES string of the molecule is CCC=C1C2=C(CCCC2)C(=O)N1c1cc(OCC(OCC)OCC)c(Cl)cc1F. The topological polar surface area (TPSA) is 48.0 Å². The first-order valence-corrected chi connectivity index (χ1v) is 11.0. The second-order valence-corrected chi connectivity index (χ2v) is 7.59. The molecule has 1 aromatic rings. The molecule has 0 N–H and O–H groups in total. The highest BCUT2D eigenvalue weighted by Crippen LogP contribution is 2.44. The number of hydrogen-bond donors (Lipinski definition) is 0. The molecule has 0 saturated carbocycles. The summed E-state index contributed by atoms with van der Waals surface area (Å²) in [6.07, 6.45) is 5.77. The van der Waals surface area contributed by atoms with Crippen molar-refractivity contribution in [3.05, 3.63) is 45.9 Å². The van der Waals surface area contributed by atoms with Crippen molar-refractivity contribution in [1.82, 2.24) is 0 Å². The Bertz CT molecular complexity index is 846. The minimum atomic E-state index is -0.561. The number of allylic oxidation sites excluding steroid dienone is 2. The number of rotatable bonds is 9. The van der Waals surface area contributed by atoms with E-state index in [9.17, 15) is 9.18 Å². The minimum Gasteiger partial charge on any atom is -0.487 e. The van der Waals surface area contributed by atoms with Gasteiger partial charge in [0.25, 0.3) is 5.91 Å². The van der Waals surface area contributed by atoms with Gasteiger partial charge >= 0.3 is 0 Å². The molecule has 164 valence electrons. The largest absolute Gasteiger partial charge is 0.487 e. The van der Waals surface area contributed by atoms with Gasteiger partial charge < -0.3 is 14.2 Å². The molecule has 0 fully saturated rings. The van der Waals surface area contributed by atoms with Crippen LogP contribution in [0.1, 0.15) is 52.9 Å². The van der Waals surface area contributed by atoms with Crippen LogP contribution in [0, 0.1) is 5.82 Å². The zero-order valence-corrected chi connectivity index (χ0v) is 18.6. The summed E-state index contributed by atoms with van der Waals surface area (Å²) in [4.78, 5) is 14.6. The first kappa shape index (κ1) is 22.8. The standard InChI is InChI=1S/C23H29ClFNO4/c1-4-9-19-15-10-7-8-11-16(15)23(27)26(19)20-13-21(17(24)12-18(20)25)30-14-22(28-5-2)29-6-3/h9,12-13,22H,4-8,10-11,14H2,1-3H3. The highest BCUT2D eigenvalue weighted by atomic mass is 35.5. The van der Waals surface area contributed by atoms with Gasteiger partial charge in [0.1, 0.15) is 18.2 Å². The third-order valence-corrected chi connectivity index (χ3v) is 5.49. The lowest BCUT2D eigenvalue weighted by atomic mass is 9.92. The first-order chi connectivity index (χ1) is 14.5. The van der Waals surface area contributed by atoms with Crippen LogP contribution >= 0.6 is 11.6 Å². The van der Waals surface area contributed by atoms with Crippen molar-refractivity contribution in [3.8, 4) is 5.75 Å². The highest BCUT2D eigenvalue weighted by molar-refractivity contribution is 6.32. The van der Waals surface area contributed by atoms with Gasteiger partial charge in [-0.1, -0.05) is 24.6 Å². The van der Waals surface area contributed by atoms with E-state index in [4.69, 9.17) is 25.8 Å². The number of hydrogen-bond acceptors (Lipinski definition) is 4. The molecule has 0 spiro atoms. The average molecular weight is 438 g/mol. The normalized spacial score (nSPS) is 18.0. The molecular formula is C23H29ClFNO4. The lowest BCUT2D eigenvalue weighted by Gasteiger charge is -2.23. The van der Waals surface area contributed by atoms with Gasteiger partial charge in [-0.2, -0.15) is 0 Å². The van der Waals surface area contributed by atoms with E-state index in [0.29, 0.717) is 13.2 Å². The Morgan fingerprint density at radius 2 is 1.80 bits per heavy atom. The van der Waals surface area contributed by atoms with E-state index in [0.717, 1.165) is 48.9 Å². The summed E-state index contributed by atoms with van der Waals surface area (Å²) in [5, 5.41) is 0.133. The van der Waals surface area contributed by atoms with Gasteiger partial charge in [0.05, 0.1) is 10.7 Å². The molecule has 5 nitrogen and oxygen atoms in total. The maximum Gasteiger partial charge on any atom is 0.259 e. The quantitative estimate of drug-likeness (QED) is 0.460. The number of carbonyl (C=O) groups is 1. The van der Waals surface area contributed by atoms with Crippen LogP contribution in [0.15, 0.2) is 35.1 Å². The van der Waals surface area contributed by atoms with E-state index in [1.165, 1.54) is 17.0 Å². The minimum absolute atomic E-state index is 0.104. The summed E-state index contributed by atoms with van der Waals surface area (Å²) in [5.74, 6) is -0.433. The Morgan fingerprint density at radius 3 is 2.43 bits per heavy atom. The maximum atomic E-state index is 15.0. The van der Waals surface area contributed by atoms with Gasteiger partial charge in [0, 0.05) is 30.6 Å². The second kappa shape index (κ2) is 10.4. The van der Waals surface area contributed by atoms with Crippen molar-refractivity contribution in [3.63, 3.8) is 0 Å². The van der Waals surface area contributed by atoms with Crippen molar-refractivity contribution < 1.29 is 23.4 Å². The van der Waals surface area contributed by atoms with Crippen molar-refractivity contribution >= 4 is 23.2 Å². The number of anilines is 1. The highest BCUT2D eigenvalue weighted by Gasteiger charge is 2.38. The van der Waals surface area contributed by atoms with E-state index in [2.05, 4.69) is 0 Å². The Hall–Kier alpha value is -1.89. The third-order valence-electron chi connectivity index (χ3n) is 5.20. The van der Waals surface area contributed by atoms with Crippen LogP contribution in [0.5, 0.6) is 5.75 Å². The molecule has 0 bridgehead atoms. The van der Waals surface area contributed by atoms with Gasteiger partial charge in [-0.15, -0.1) is 0 Å². The van der Waals surface area contributed by atoms with Crippen molar-refractivity contribution in [2.75, 3.05) is 24.7 Å². The molecule has 1 aromatic carbocycles. The molecule has 0 radical (unpaired) electrons. The zero-order valence-electron chi connectivity index (χ0n) is 17.8. The fourth-order valence-electron chi connectivity index (χ4n) is 3.92. The van der Waals surface area contributed by atoms with Gasteiger partial charge in [-0.25, -0.2) is 4.39 Å². The van der Waals surface area contributed by atoms with Crippen molar-refractivity contribution in [2.45, 2.75) is 59.2 Å². The molecular weight excluding hydrogens is 409 g/mol.